The molecule has 1 heterocycles. The van der Waals surface area contributed by atoms with Crippen molar-refractivity contribution in [3.8, 4) is 0 Å². The Kier molecular flexibility index (Phi) is 2.37. The highest BCUT2D eigenvalue weighted by Crippen LogP contribution is 2.41. The zero-order valence-corrected chi connectivity index (χ0v) is 10.5. The molecule has 1 unspecified atom stereocenters. The van der Waals surface area contributed by atoms with Crippen LogP contribution in [0.4, 0.5) is 5.69 Å². The fourth-order valence-corrected chi connectivity index (χ4v) is 2.77. The summed E-state index contributed by atoms with van der Waals surface area (Å²) in [5, 5.41) is 4.26. The molecule has 0 saturated carbocycles. The molecule has 1 aliphatic rings. The van der Waals surface area contributed by atoms with Crippen LogP contribution in [0.15, 0.2) is 48.5 Å². The smallest absolute Gasteiger partial charge is 0.0409 e. The Morgan fingerprint density at radius 2 is 1.94 bits per heavy atom. The molecule has 0 bridgehead atoms. The topological polar surface area (TPSA) is 12.0 Å². The van der Waals surface area contributed by atoms with E-state index in [-0.39, 0.29) is 5.41 Å². The van der Waals surface area contributed by atoms with Gasteiger partial charge >= 0.3 is 0 Å². The monoisotopic (exact) mass is 243 g/mol. The molecule has 0 spiro atoms. The lowest BCUT2D eigenvalue weighted by molar-refractivity contribution is 0.636. The largest absolute Gasteiger partial charge is 0.384 e. The molecule has 17 heavy (non-hydrogen) atoms. The third-order valence-corrected chi connectivity index (χ3v) is 3.85. The van der Waals surface area contributed by atoms with Crippen molar-refractivity contribution < 1.29 is 0 Å². The summed E-state index contributed by atoms with van der Waals surface area (Å²) in [5.74, 6) is 0. The van der Waals surface area contributed by atoms with Crippen LogP contribution in [0, 0.1) is 0 Å². The SMILES string of the molecule is CC1(c2cccc(Cl)c2)CNc2ccccc21. The minimum Gasteiger partial charge on any atom is -0.384 e. The first-order valence-electron chi connectivity index (χ1n) is 5.79. The van der Waals surface area contributed by atoms with Gasteiger partial charge in [-0.1, -0.05) is 41.9 Å². The summed E-state index contributed by atoms with van der Waals surface area (Å²) in [6.07, 6.45) is 0. The fourth-order valence-electron chi connectivity index (χ4n) is 2.57. The van der Waals surface area contributed by atoms with E-state index in [1.54, 1.807) is 0 Å². The molecule has 1 nitrogen and oxygen atoms in total. The second-order valence-electron chi connectivity index (χ2n) is 4.74. The van der Waals surface area contributed by atoms with Crippen LogP contribution < -0.4 is 5.32 Å². The van der Waals surface area contributed by atoms with Crippen molar-refractivity contribution >= 4 is 17.3 Å². The van der Waals surface area contributed by atoms with Crippen molar-refractivity contribution in [1.29, 1.82) is 0 Å². The van der Waals surface area contributed by atoms with Crippen molar-refractivity contribution in [3.63, 3.8) is 0 Å². The molecule has 1 N–H and O–H groups in total. The van der Waals surface area contributed by atoms with Gasteiger partial charge in [-0.15, -0.1) is 0 Å². The Morgan fingerprint density at radius 3 is 2.76 bits per heavy atom. The van der Waals surface area contributed by atoms with Crippen LogP contribution in [0.2, 0.25) is 5.02 Å². The number of hydrogen-bond donors (Lipinski definition) is 1. The predicted octanol–water partition coefficient (Wildman–Crippen LogP) is 4.07. The lowest BCUT2D eigenvalue weighted by atomic mass is 9.78. The summed E-state index contributed by atoms with van der Waals surface area (Å²) in [4.78, 5) is 0. The summed E-state index contributed by atoms with van der Waals surface area (Å²) in [6, 6.07) is 16.6. The van der Waals surface area contributed by atoms with E-state index < -0.39 is 0 Å². The van der Waals surface area contributed by atoms with Gasteiger partial charge in [-0.05, 0) is 36.2 Å². The summed E-state index contributed by atoms with van der Waals surface area (Å²) in [7, 11) is 0. The van der Waals surface area contributed by atoms with Gasteiger partial charge in [-0.2, -0.15) is 0 Å². The van der Waals surface area contributed by atoms with Gasteiger partial charge < -0.3 is 5.32 Å². The van der Waals surface area contributed by atoms with E-state index in [0.717, 1.165) is 11.6 Å². The number of para-hydroxylation sites is 1. The minimum absolute atomic E-state index is 0.0154. The number of hydrogen-bond acceptors (Lipinski definition) is 1. The maximum absolute atomic E-state index is 6.09. The lowest BCUT2D eigenvalue weighted by Gasteiger charge is -2.25. The number of rotatable bonds is 1. The van der Waals surface area contributed by atoms with E-state index in [9.17, 15) is 0 Å². The predicted molar refractivity (Wildman–Crippen MR) is 72.8 cm³/mol. The first-order valence-corrected chi connectivity index (χ1v) is 6.17. The summed E-state index contributed by atoms with van der Waals surface area (Å²) < 4.78 is 0. The number of halogens is 1. The molecule has 2 aromatic carbocycles. The molecule has 2 aromatic rings. The average molecular weight is 244 g/mol. The summed E-state index contributed by atoms with van der Waals surface area (Å²) >= 11 is 6.09. The molecule has 3 rings (SSSR count). The normalized spacial score (nSPS) is 22.0. The van der Waals surface area contributed by atoms with Gasteiger partial charge in [0.25, 0.3) is 0 Å². The quantitative estimate of drug-likeness (QED) is 0.796. The van der Waals surface area contributed by atoms with Crippen LogP contribution in [0.1, 0.15) is 18.1 Å². The van der Waals surface area contributed by atoms with Crippen molar-refractivity contribution in [1.82, 2.24) is 0 Å². The first kappa shape index (κ1) is 10.7. The molecular formula is C15H14ClN. The van der Waals surface area contributed by atoms with Gasteiger partial charge in [0.1, 0.15) is 0 Å². The number of nitrogens with one attached hydrogen (secondary N) is 1. The maximum atomic E-state index is 6.09. The van der Waals surface area contributed by atoms with Gasteiger partial charge in [-0.25, -0.2) is 0 Å². The molecular weight excluding hydrogens is 230 g/mol. The summed E-state index contributed by atoms with van der Waals surface area (Å²) in [5.41, 5.74) is 3.86. The van der Waals surface area contributed by atoms with Gasteiger partial charge in [0.2, 0.25) is 0 Å². The maximum Gasteiger partial charge on any atom is 0.0409 e. The Bertz CT molecular complexity index is 564. The van der Waals surface area contributed by atoms with Gasteiger partial charge in [-0.3, -0.25) is 0 Å². The molecule has 0 aliphatic carbocycles. The first-order chi connectivity index (χ1) is 8.20. The number of fused-ring (bicyclic) bond motifs is 1. The molecule has 0 aromatic heterocycles. The zero-order valence-electron chi connectivity index (χ0n) is 9.70. The third kappa shape index (κ3) is 1.62. The molecule has 86 valence electrons. The van der Waals surface area contributed by atoms with Crippen molar-refractivity contribution in [3.05, 3.63) is 64.7 Å². The van der Waals surface area contributed by atoms with Crippen LogP contribution in [0.25, 0.3) is 0 Å². The van der Waals surface area contributed by atoms with Crippen molar-refractivity contribution in [2.24, 2.45) is 0 Å². The third-order valence-electron chi connectivity index (χ3n) is 3.62. The van der Waals surface area contributed by atoms with E-state index in [0.29, 0.717) is 0 Å². The average Bonchev–Trinajstić information content (AvgIpc) is 2.69. The van der Waals surface area contributed by atoms with Crippen LogP contribution in [-0.2, 0) is 5.41 Å². The molecule has 0 fully saturated rings. The van der Waals surface area contributed by atoms with E-state index in [1.807, 2.05) is 12.1 Å². The van der Waals surface area contributed by atoms with E-state index >= 15 is 0 Å². The Hall–Kier alpha value is -1.47. The second-order valence-corrected chi connectivity index (χ2v) is 5.18. The lowest BCUT2D eigenvalue weighted by Crippen LogP contribution is -2.25. The second kappa shape index (κ2) is 3.78. The van der Waals surface area contributed by atoms with E-state index in [2.05, 4.69) is 48.6 Å². The summed E-state index contributed by atoms with van der Waals surface area (Å²) in [6.45, 7) is 3.18. The van der Waals surface area contributed by atoms with Crippen LogP contribution >= 0.6 is 11.6 Å². The van der Waals surface area contributed by atoms with Gasteiger partial charge in [0.15, 0.2) is 0 Å². The minimum atomic E-state index is 0.0154. The Morgan fingerprint density at radius 1 is 1.12 bits per heavy atom. The molecule has 1 atom stereocenters. The number of benzene rings is 2. The Balaban J connectivity index is 2.15. The standard InChI is InChI=1S/C15H14ClN/c1-15(11-5-4-6-12(16)9-11)10-17-14-8-3-2-7-13(14)15/h2-9,17H,10H2,1H3. The molecule has 0 saturated heterocycles. The highest BCUT2D eigenvalue weighted by Gasteiger charge is 2.35. The molecule has 0 amide bonds. The van der Waals surface area contributed by atoms with Gasteiger partial charge in [0, 0.05) is 22.7 Å². The number of anilines is 1. The molecule has 1 aliphatic heterocycles. The highest BCUT2D eigenvalue weighted by molar-refractivity contribution is 6.30. The van der Waals surface area contributed by atoms with E-state index in [1.165, 1.54) is 16.8 Å². The van der Waals surface area contributed by atoms with Crippen LogP contribution in [-0.4, -0.2) is 6.54 Å². The molecule has 0 radical (unpaired) electrons. The van der Waals surface area contributed by atoms with Crippen LogP contribution in [0.3, 0.4) is 0 Å². The van der Waals surface area contributed by atoms with Crippen LogP contribution in [0.5, 0.6) is 0 Å². The van der Waals surface area contributed by atoms with Crippen molar-refractivity contribution in [2.75, 3.05) is 11.9 Å². The fraction of sp³-hybridized carbons (Fsp3) is 0.200. The van der Waals surface area contributed by atoms with Crippen molar-refractivity contribution in [2.45, 2.75) is 12.3 Å². The highest BCUT2D eigenvalue weighted by atomic mass is 35.5. The Labute approximate surface area is 106 Å². The van der Waals surface area contributed by atoms with Gasteiger partial charge in [0.05, 0.1) is 0 Å². The van der Waals surface area contributed by atoms with E-state index in [4.69, 9.17) is 11.6 Å². The zero-order chi connectivity index (χ0) is 11.9. The molecule has 2 heteroatoms.